The number of rotatable bonds is 5. The molecule has 0 aliphatic carbocycles. The number of benzene rings is 2. The Kier molecular flexibility index (Phi) is 4.89. The average Bonchev–Trinajstić information content (AvgIpc) is 3.02. The average molecular weight is 359 g/mol. The fraction of sp³-hybridized carbons (Fsp3) is 0.278. The highest BCUT2D eigenvalue weighted by Gasteiger charge is 2.16. The van der Waals surface area contributed by atoms with Gasteiger partial charge in [0.2, 0.25) is 15.9 Å². The molecule has 2 aromatic carbocycles. The molecule has 0 aromatic heterocycles. The second-order valence-corrected chi connectivity index (χ2v) is 7.96. The zero-order valence-electron chi connectivity index (χ0n) is 14.2. The van der Waals surface area contributed by atoms with Crippen molar-refractivity contribution in [1.29, 1.82) is 0 Å². The van der Waals surface area contributed by atoms with Crippen molar-refractivity contribution in [3.63, 3.8) is 0 Å². The van der Waals surface area contributed by atoms with Gasteiger partial charge in [0.15, 0.2) is 0 Å². The van der Waals surface area contributed by atoms with Crippen molar-refractivity contribution in [2.75, 3.05) is 5.32 Å². The predicted molar refractivity (Wildman–Crippen MR) is 96.5 cm³/mol. The van der Waals surface area contributed by atoms with E-state index in [-0.39, 0.29) is 17.3 Å². The van der Waals surface area contributed by atoms with Crippen molar-refractivity contribution >= 4 is 21.6 Å². The Balaban J connectivity index is 1.76. The van der Waals surface area contributed by atoms with E-state index in [0.29, 0.717) is 5.69 Å². The lowest BCUT2D eigenvalue weighted by atomic mass is 10.1. The zero-order chi connectivity index (χ0) is 18.0. The Morgan fingerprint density at radius 3 is 2.64 bits per heavy atom. The SMILES string of the molecule is CC(=O)Nc1cc(S(=O)(=O)NCc2ccc3c(c2)CNC3)ccc1C. The molecule has 0 bridgehead atoms. The largest absolute Gasteiger partial charge is 0.326 e. The first-order valence-corrected chi connectivity index (χ1v) is 9.53. The summed E-state index contributed by atoms with van der Waals surface area (Å²) in [5.41, 5.74) is 4.68. The van der Waals surface area contributed by atoms with Crippen LogP contribution in [-0.4, -0.2) is 14.3 Å². The number of carbonyl (C=O) groups excluding carboxylic acids is 1. The third kappa shape index (κ3) is 4.07. The van der Waals surface area contributed by atoms with Crippen LogP contribution in [0.25, 0.3) is 0 Å². The topological polar surface area (TPSA) is 87.3 Å². The van der Waals surface area contributed by atoms with Crippen LogP contribution in [0.4, 0.5) is 5.69 Å². The summed E-state index contributed by atoms with van der Waals surface area (Å²) in [6.07, 6.45) is 0. The van der Waals surface area contributed by atoms with Crippen LogP contribution in [0.15, 0.2) is 41.3 Å². The minimum Gasteiger partial charge on any atom is -0.326 e. The van der Waals surface area contributed by atoms with Gasteiger partial charge in [0.05, 0.1) is 4.90 Å². The maximum atomic E-state index is 12.6. The van der Waals surface area contributed by atoms with E-state index in [1.54, 1.807) is 6.07 Å². The third-order valence-corrected chi connectivity index (χ3v) is 5.60. The first-order valence-electron chi connectivity index (χ1n) is 8.04. The summed E-state index contributed by atoms with van der Waals surface area (Å²) < 4.78 is 27.7. The van der Waals surface area contributed by atoms with E-state index in [0.717, 1.165) is 24.2 Å². The van der Waals surface area contributed by atoms with E-state index in [4.69, 9.17) is 0 Å². The summed E-state index contributed by atoms with van der Waals surface area (Å²) in [5, 5.41) is 5.92. The molecule has 1 amide bonds. The molecule has 0 spiro atoms. The fourth-order valence-corrected chi connectivity index (χ4v) is 3.86. The Morgan fingerprint density at radius 2 is 1.88 bits per heavy atom. The van der Waals surface area contributed by atoms with E-state index < -0.39 is 10.0 Å². The van der Waals surface area contributed by atoms with Crippen LogP contribution in [0.2, 0.25) is 0 Å². The van der Waals surface area contributed by atoms with Crippen LogP contribution in [0.3, 0.4) is 0 Å². The summed E-state index contributed by atoms with van der Waals surface area (Å²) >= 11 is 0. The molecule has 0 atom stereocenters. The highest BCUT2D eigenvalue weighted by molar-refractivity contribution is 7.89. The number of anilines is 1. The summed E-state index contributed by atoms with van der Waals surface area (Å²) in [6, 6.07) is 10.7. The molecule has 1 aliphatic rings. The first-order chi connectivity index (χ1) is 11.8. The zero-order valence-corrected chi connectivity index (χ0v) is 15.0. The van der Waals surface area contributed by atoms with Gasteiger partial charge in [-0.25, -0.2) is 13.1 Å². The van der Waals surface area contributed by atoms with Crippen LogP contribution in [0.1, 0.15) is 29.2 Å². The lowest BCUT2D eigenvalue weighted by Crippen LogP contribution is -2.23. The minimum atomic E-state index is -3.66. The van der Waals surface area contributed by atoms with Crippen molar-refractivity contribution in [2.24, 2.45) is 0 Å². The lowest BCUT2D eigenvalue weighted by molar-refractivity contribution is -0.114. The number of amides is 1. The molecule has 0 unspecified atom stereocenters. The van der Waals surface area contributed by atoms with Gasteiger partial charge in [0, 0.05) is 32.2 Å². The molecule has 2 aromatic rings. The van der Waals surface area contributed by atoms with Crippen molar-refractivity contribution in [2.45, 2.75) is 38.4 Å². The minimum absolute atomic E-state index is 0.129. The van der Waals surface area contributed by atoms with Gasteiger partial charge in [-0.2, -0.15) is 0 Å². The Morgan fingerprint density at radius 1 is 1.12 bits per heavy atom. The van der Waals surface area contributed by atoms with E-state index in [1.807, 2.05) is 25.1 Å². The summed E-state index contributed by atoms with van der Waals surface area (Å²) in [7, 11) is -3.66. The Bertz CT molecular complexity index is 923. The Labute approximate surface area is 147 Å². The number of fused-ring (bicyclic) bond motifs is 1. The molecule has 7 heteroatoms. The van der Waals surface area contributed by atoms with Gasteiger partial charge in [-0.05, 0) is 41.3 Å². The van der Waals surface area contributed by atoms with E-state index in [1.165, 1.54) is 30.2 Å². The quantitative estimate of drug-likeness (QED) is 0.762. The van der Waals surface area contributed by atoms with Gasteiger partial charge in [0.25, 0.3) is 0 Å². The second kappa shape index (κ2) is 6.95. The number of hydrogen-bond donors (Lipinski definition) is 3. The number of carbonyl (C=O) groups is 1. The van der Waals surface area contributed by atoms with Crippen molar-refractivity contribution in [3.05, 3.63) is 58.7 Å². The molecule has 1 aliphatic heterocycles. The van der Waals surface area contributed by atoms with Gasteiger partial charge < -0.3 is 10.6 Å². The number of nitrogens with one attached hydrogen (secondary N) is 3. The molecule has 0 fully saturated rings. The molecule has 6 nitrogen and oxygen atoms in total. The fourth-order valence-electron chi connectivity index (χ4n) is 2.81. The van der Waals surface area contributed by atoms with Crippen LogP contribution in [0, 0.1) is 6.92 Å². The van der Waals surface area contributed by atoms with Crippen molar-refractivity contribution in [3.8, 4) is 0 Å². The number of sulfonamides is 1. The van der Waals surface area contributed by atoms with Gasteiger partial charge in [-0.3, -0.25) is 4.79 Å². The van der Waals surface area contributed by atoms with Gasteiger partial charge >= 0.3 is 0 Å². The van der Waals surface area contributed by atoms with Crippen molar-refractivity contribution < 1.29 is 13.2 Å². The molecule has 25 heavy (non-hydrogen) atoms. The molecule has 132 valence electrons. The van der Waals surface area contributed by atoms with E-state index in [2.05, 4.69) is 15.4 Å². The number of aryl methyl sites for hydroxylation is 1. The smallest absolute Gasteiger partial charge is 0.240 e. The van der Waals surface area contributed by atoms with Crippen molar-refractivity contribution in [1.82, 2.24) is 10.0 Å². The molecular formula is C18H21N3O3S. The predicted octanol–water partition coefficient (Wildman–Crippen LogP) is 2.04. The summed E-state index contributed by atoms with van der Waals surface area (Å²) in [6.45, 7) is 5.10. The Hall–Kier alpha value is -2.22. The van der Waals surface area contributed by atoms with Crippen LogP contribution in [0.5, 0.6) is 0 Å². The van der Waals surface area contributed by atoms with Crippen LogP contribution >= 0.6 is 0 Å². The molecule has 0 saturated heterocycles. The van der Waals surface area contributed by atoms with E-state index in [9.17, 15) is 13.2 Å². The molecule has 0 saturated carbocycles. The van der Waals surface area contributed by atoms with Crippen LogP contribution < -0.4 is 15.4 Å². The molecule has 3 N–H and O–H groups in total. The first kappa shape index (κ1) is 17.6. The molecule has 1 heterocycles. The molecule has 3 rings (SSSR count). The normalized spacial score (nSPS) is 13.5. The second-order valence-electron chi connectivity index (χ2n) is 6.19. The summed E-state index contributed by atoms with van der Waals surface area (Å²) in [5.74, 6) is -0.239. The standard InChI is InChI=1S/C18H21N3O3S/c1-12-3-6-17(8-18(12)21-13(2)22)25(23,24)20-9-14-4-5-15-10-19-11-16(15)7-14/h3-8,19-20H,9-11H2,1-2H3,(H,21,22). The highest BCUT2D eigenvalue weighted by atomic mass is 32.2. The summed E-state index contributed by atoms with van der Waals surface area (Å²) in [4.78, 5) is 11.4. The lowest BCUT2D eigenvalue weighted by Gasteiger charge is -2.11. The maximum Gasteiger partial charge on any atom is 0.240 e. The number of hydrogen-bond acceptors (Lipinski definition) is 4. The molecular weight excluding hydrogens is 338 g/mol. The van der Waals surface area contributed by atoms with Gasteiger partial charge in [-0.1, -0.05) is 24.3 Å². The maximum absolute atomic E-state index is 12.6. The third-order valence-electron chi connectivity index (χ3n) is 4.20. The van der Waals surface area contributed by atoms with Crippen LogP contribution in [-0.2, 0) is 34.5 Å². The monoisotopic (exact) mass is 359 g/mol. The highest BCUT2D eigenvalue weighted by Crippen LogP contribution is 2.21. The van der Waals surface area contributed by atoms with Gasteiger partial charge in [-0.15, -0.1) is 0 Å². The van der Waals surface area contributed by atoms with E-state index >= 15 is 0 Å². The van der Waals surface area contributed by atoms with Gasteiger partial charge in [0.1, 0.15) is 0 Å². The molecule has 0 radical (unpaired) electrons.